The van der Waals surface area contributed by atoms with Crippen molar-refractivity contribution in [1.29, 1.82) is 5.26 Å². The minimum Gasteiger partial charge on any atom is -0.469 e. The topological polar surface area (TPSA) is 117 Å². The van der Waals surface area contributed by atoms with Gasteiger partial charge in [-0.15, -0.1) is 0 Å². The monoisotopic (exact) mass is 507 g/mol. The van der Waals surface area contributed by atoms with E-state index >= 15 is 0 Å². The minimum atomic E-state index is -0.771. The molecule has 36 heavy (non-hydrogen) atoms. The number of nitrogens with zero attached hydrogens (tertiary/aromatic N) is 1. The third-order valence-corrected chi connectivity index (χ3v) is 8.63. The fraction of sp³-hybridized carbons (Fsp3) is 0.897. The molecule has 1 heterocycles. The number of hydrogen-bond donors (Lipinski definition) is 2. The number of cyclic esters (lactones) is 1. The first-order valence-electron chi connectivity index (χ1n) is 14.1. The van der Waals surface area contributed by atoms with Crippen molar-refractivity contribution < 1.29 is 29.3 Å². The van der Waals surface area contributed by atoms with Gasteiger partial charge in [-0.1, -0.05) is 40.5 Å². The van der Waals surface area contributed by atoms with E-state index in [4.69, 9.17) is 9.47 Å². The van der Waals surface area contributed by atoms with Crippen LogP contribution in [0.25, 0.3) is 0 Å². The Hall–Kier alpha value is -1.65. The Bertz CT molecular complexity index is 736. The van der Waals surface area contributed by atoms with Crippen molar-refractivity contribution >= 4 is 11.9 Å². The van der Waals surface area contributed by atoms with Crippen LogP contribution in [0.2, 0.25) is 0 Å². The quantitative estimate of drug-likeness (QED) is 0.504. The van der Waals surface area contributed by atoms with Gasteiger partial charge < -0.3 is 19.7 Å². The fourth-order valence-electron chi connectivity index (χ4n) is 6.69. The normalized spacial score (nSPS) is 40.3. The van der Waals surface area contributed by atoms with Gasteiger partial charge in [0.05, 0.1) is 43.6 Å². The Kier molecular flexibility index (Phi) is 12.7. The molecular formula is C29H49NO6. The van der Waals surface area contributed by atoms with Gasteiger partial charge >= 0.3 is 11.9 Å². The van der Waals surface area contributed by atoms with Gasteiger partial charge in [-0.05, 0) is 75.0 Å². The first kappa shape index (κ1) is 30.6. The summed E-state index contributed by atoms with van der Waals surface area (Å²) in [6.45, 7) is 8.35. The molecule has 7 nitrogen and oxygen atoms in total. The van der Waals surface area contributed by atoms with Gasteiger partial charge in [-0.2, -0.15) is 5.26 Å². The lowest BCUT2D eigenvalue weighted by atomic mass is 9.80. The van der Waals surface area contributed by atoms with Crippen LogP contribution in [0.3, 0.4) is 0 Å². The van der Waals surface area contributed by atoms with Gasteiger partial charge in [-0.3, -0.25) is 9.59 Å². The molecule has 2 aliphatic rings. The van der Waals surface area contributed by atoms with E-state index in [-0.39, 0.29) is 36.1 Å². The Balaban J connectivity index is 2.19. The molecule has 206 valence electrons. The molecule has 2 rings (SSSR count). The molecule has 1 unspecified atom stereocenters. The predicted octanol–water partition coefficient (Wildman–Crippen LogP) is 5.03. The van der Waals surface area contributed by atoms with Crippen molar-refractivity contribution in [1.82, 2.24) is 0 Å². The summed E-state index contributed by atoms with van der Waals surface area (Å²) >= 11 is 0. The molecule has 1 aliphatic carbocycles. The lowest BCUT2D eigenvalue weighted by molar-refractivity contribution is -0.160. The number of hydrogen-bond acceptors (Lipinski definition) is 7. The zero-order chi connectivity index (χ0) is 26.8. The second kappa shape index (κ2) is 14.9. The molecule has 0 bridgehead atoms. The van der Waals surface area contributed by atoms with Crippen LogP contribution >= 0.6 is 0 Å². The molecule has 0 aromatic heterocycles. The van der Waals surface area contributed by atoms with Gasteiger partial charge in [0.1, 0.15) is 6.10 Å². The zero-order valence-corrected chi connectivity index (χ0v) is 23.0. The van der Waals surface area contributed by atoms with Crippen LogP contribution in [0, 0.1) is 52.8 Å². The number of aliphatic hydroxyl groups is 2. The van der Waals surface area contributed by atoms with Crippen LogP contribution in [-0.2, 0) is 19.1 Å². The molecular weight excluding hydrogens is 458 g/mol. The molecule has 0 spiro atoms. The highest BCUT2D eigenvalue weighted by Gasteiger charge is 2.40. The SMILES string of the molecule is COC(=O)[C@@H]1CCC[C@H]1[C@@H]1CCCCC(C#N)[C@H](O)[C@@H](C)C[C@H](C)C[C@H](C)C[C@H](C)[C@@H](O)CC(=O)O1. The number of aliphatic hydroxyl groups excluding tert-OH is 2. The summed E-state index contributed by atoms with van der Waals surface area (Å²) in [5, 5.41) is 31.4. The van der Waals surface area contributed by atoms with Gasteiger partial charge in [-0.25, -0.2) is 0 Å². The highest BCUT2D eigenvalue weighted by atomic mass is 16.5. The number of ether oxygens (including phenoxy) is 2. The van der Waals surface area contributed by atoms with Gasteiger partial charge in [0.15, 0.2) is 0 Å². The molecule has 1 saturated heterocycles. The Morgan fingerprint density at radius 3 is 2.22 bits per heavy atom. The van der Waals surface area contributed by atoms with E-state index < -0.39 is 30.2 Å². The van der Waals surface area contributed by atoms with Crippen LogP contribution in [-0.4, -0.2) is 47.6 Å². The predicted molar refractivity (Wildman–Crippen MR) is 137 cm³/mol. The number of esters is 2. The van der Waals surface area contributed by atoms with Gasteiger partial charge in [0.25, 0.3) is 0 Å². The lowest BCUT2D eigenvalue weighted by Gasteiger charge is -2.30. The number of methoxy groups -OCH3 is 1. The fourth-order valence-corrected chi connectivity index (χ4v) is 6.69. The summed E-state index contributed by atoms with van der Waals surface area (Å²) < 4.78 is 11.0. The van der Waals surface area contributed by atoms with E-state index in [1.54, 1.807) is 0 Å². The second-order valence-corrected chi connectivity index (χ2v) is 11.9. The van der Waals surface area contributed by atoms with Crippen LogP contribution in [0.5, 0.6) is 0 Å². The van der Waals surface area contributed by atoms with Crippen LogP contribution in [0.15, 0.2) is 0 Å². The Morgan fingerprint density at radius 1 is 0.944 bits per heavy atom. The smallest absolute Gasteiger partial charge is 0.309 e. The largest absolute Gasteiger partial charge is 0.469 e. The molecule has 10 atom stereocenters. The molecule has 0 amide bonds. The maximum absolute atomic E-state index is 12.9. The van der Waals surface area contributed by atoms with Crippen LogP contribution in [0.4, 0.5) is 0 Å². The van der Waals surface area contributed by atoms with E-state index in [1.807, 2.05) is 13.8 Å². The van der Waals surface area contributed by atoms with E-state index in [1.165, 1.54) is 7.11 Å². The maximum Gasteiger partial charge on any atom is 0.309 e. The molecule has 0 radical (unpaired) electrons. The van der Waals surface area contributed by atoms with Crippen LogP contribution < -0.4 is 0 Å². The number of nitriles is 1. The summed E-state index contributed by atoms with van der Waals surface area (Å²) in [5.74, 6) is -0.733. The third kappa shape index (κ3) is 9.03. The minimum absolute atomic E-state index is 0.0340. The molecule has 0 aromatic rings. The van der Waals surface area contributed by atoms with Crippen molar-refractivity contribution in [3.8, 4) is 6.07 Å². The zero-order valence-electron chi connectivity index (χ0n) is 23.0. The van der Waals surface area contributed by atoms with E-state index in [0.717, 1.165) is 51.4 Å². The number of rotatable bonds is 2. The van der Waals surface area contributed by atoms with E-state index in [2.05, 4.69) is 19.9 Å². The Labute approximate surface area is 217 Å². The molecule has 2 fully saturated rings. The number of carbonyl (C=O) groups excluding carboxylic acids is 2. The molecule has 0 aromatic carbocycles. The van der Waals surface area contributed by atoms with Crippen LogP contribution in [0.1, 0.15) is 98.3 Å². The Morgan fingerprint density at radius 2 is 1.58 bits per heavy atom. The van der Waals surface area contributed by atoms with Gasteiger partial charge in [0.2, 0.25) is 0 Å². The molecule has 7 heteroatoms. The summed E-state index contributed by atoms with van der Waals surface area (Å²) in [7, 11) is 1.39. The van der Waals surface area contributed by atoms with Crippen molar-refractivity contribution in [2.45, 2.75) is 117 Å². The highest BCUT2D eigenvalue weighted by molar-refractivity contribution is 5.73. The first-order chi connectivity index (χ1) is 17.1. The van der Waals surface area contributed by atoms with Crippen molar-refractivity contribution in [2.24, 2.45) is 41.4 Å². The summed E-state index contributed by atoms with van der Waals surface area (Å²) in [5.41, 5.74) is 0. The molecule has 2 N–H and O–H groups in total. The maximum atomic E-state index is 12.9. The van der Waals surface area contributed by atoms with Gasteiger partial charge in [0, 0.05) is 5.92 Å². The summed E-state index contributed by atoms with van der Waals surface area (Å²) in [6, 6.07) is 2.32. The number of carbonyl (C=O) groups is 2. The van der Waals surface area contributed by atoms with Crippen molar-refractivity contribution in [3.63, 3.8) is 0 Å². The molecule has 1 saturated carbocycles. The third-order valence-electron chi connectivity index (χ3n) is 8.63. The average Bonchev–Trinajstić information content (AvgIpc) is 3.31. The average molecular weight is 508 g/mol. The van der Waals surface area contributed by atoms with Crippen molar-refractivity contribution in [3.05, 3.63) is 0 Å². The first-order valence-corrected chi connectivity index (χ1v) is 14.1. The van der Waals surface area contributed by atoms with E-state index in [0.29, 0.717) is 24.7 Å². The lowest BCUT2D eigenvalue weighted by Crippen LogP contribution is -2.35. The molecule has 1 aliphatic heterocycles. The van der Waals surface area contributed by atoms with E-state index in [9.17, 15) is 25.1 Å². The summed E-state index contributed by atoms with van der Waals surface area (Å²) in [6.07, 6.45) is 5.76. The second-order valence-electron chi connectivity index (χ2n) is 11.9. The summed E-state index contributed by atoms with van der Waals surface area (Å²) in [4.78, 5) is 25.3. The van der Waals surface area contributed by atoms with Crippen molar-refractivity contribution in [2.75, 3.05) is 7.11 Å². The highest BCUT2D eigenvalue weighted by Crippen LogP contribution is 2.38. The standard InChI is InChI=1S/C29H49NO6/c1-18-13-19(2)15-21(4)28(33)22(17-30)9-6-7-12-26(23-10-8-11-24(23)29(34)35-5)36-27(32)16-25(31)20(3)14-18/h18-26,28,31,33H,6-16H2,1-5H3/t18-,19+,20-,21-,22?,23+,24+,25-,26-,28+/m0/s1.